The van der Waals surface area contributed by atoms with E-state index in [1.165, 1.54) is 13.8 Å². The number of oxime groups is 1. The van der Waals surface area contributed by atoms with E-state index in [2.05, 4.69) is 45.5 Å². The fourth-order valence-corrected chi connectivity index (χ4v) is 11.7. The molecule has 0 saturated heterocycles. The Morgan fingerprint density at radius 3 is 2.34 bits per heavy atom. The molecule has 7 nitrogen and oxygen atoms in total. The summed E-state index contributed by atoms with van der Waals surface area (Å²) in [5.41, 5.74) is 1.13. The van der Waals surface area contributed by atoms with Gasteiger partial charge in [0.25, 0.3) is 0 Å². The molecule has 0 aromatic rings. The molecule has 5 saturated carbocycles. The minimum absolute atomic E-state index is 0.00387. The first kappa shape index (κ1) is 30.3. The van der Waals surface area contributed by atoms with Crippen LogP contribution < -0.4 is 0 Å². The van der Waals surface area contributed by atoms with Crippen LogP contribution in [0.15, 0.2) is 17.3 Å². The lowest BCUT2D eigenvalue weighted by Gasteiger charge is -2.72. The molecule has 0 aromatic heterocycles. The number of rotatable bonds is 5. The molecule has 0 aromatic carbocycles. The van der Waals surface area contributed by atoms with Gasteiger partial charge < -0.3 is 14.7 Å². The maximum absolute atomic E-state index is 12.0. The SMILES string of the molecule is C=C(CO)[C@@H]1CC[C@]2(C#N)CC[C@]3(C)[C@H](CC[C@@H]4[C@@]5(C)CCC(=NOC(C)=O)[C@@](C)(COC(C)=O)[C@@H]5CC[C@]43C)[C@@H]12. The Morgan fingerprint density at radius 2 is 1.71 bits per heavy atom. The molecule has 0 amide bonds. The third-order valence-electron chi connectivity index (χ3n) is 13.8. The Kier molecular flexibility index (Phi) is 7.54. The van der Waals surface area contributed by atoms with Crippen molar-refractivity contribution in [1.82, 2.24) is 0 Å². The molecule has 0 radical (unpaired) electrons. The normalized spacial score (nSPS) is 47.7. The van der Waals surface area contributed by atoms with Crippen LogP contribution in [0.2, 0.25) is 0 Å². The van der Waals surface area contributed by atoms with Crippen LogP contribution in [-0.4, -0.2) is 36.0 Å². The van der Waals surface area contributed by atoms with Gasteiger partial charge in [0.2, 0.25) is 0 Å². The van der Waals surface area contributed by atoms with Crippen molar-refractivity contribution in [2.45, 2.75) is 106 Å². The molecule has 0 spiro atoms. The number of carbonyl (C=O) groups excluding carboxylic acids is 2. The molecular formula is C34H50N2O5. The number of carbonyl (C=O) groups is 2. The number of hydrogen-bond acceptors (Lipinski definition) is 7. The van der Waals surface area contributed by atoms with E-state index in [4.69, 9.17) is 9.57 Å². The molecule has 7 heteroatoms. The van der Waals surface area contributed by atoms with Crippen LogP contribution in [0, 0.1) is 68.0 Å². The number of hydrogen-bond donors (Lipinski definition) is 1. The Balaban J connectivity index is 1.53. The quantitative estimate of drug-likeness (QED) is 0.174. The number of fused-ring (bicyclic) bond motifs is 7. The zero-order valence-corrected chi connectivity index (χ0v) is 26.1. The standard InChI is InChI=1S/C34H50N2O5/c1-21(18-37)24-10-15-34(19-35)17-16-32(6)25(29(24)34)8-9-27-30(4)13-12-28(36-41-23(3)39)31(5,20-40-22(2)38)26(30)11-14-33(27,32)7/h24-27,29,37H,1,8-18,20H2,2-7H3/t24-,25+,26+,27+,29+,30-,31-,32+,33+,34+/m0/s1. The van der Waals surface area contributed by atoms with Gasteiger partial charge in [-0.2, -0.15) is 5.26 Å². The summed E-state index contributed by atoms with van der Waals surface area (Å²) in [4.78, 5) is 28.8. The molecule has 1 N–H and O–H groups in total. The third-order valence-corrected chi connectivity index (χ3v) is 13.8. The molecular weight excluding hydrogens is 516 g/mol. The summed E-state index contributed by atoms with van der Waals surface area (Å²) in [7, 11) is 0. The maximum atomic E-state index is 12.0. The summed E-state index contributed by atoms with van der Waals surface area (Å²) >= 11 is 0. The van der Waals surface area contributed by atoms with E-state index in [1.54, 1.807) is 0 Å². The van der Waals surface area contributed by atoms with E-state index in [0.29, 0.717) is 18.3 Å². The lowest BCUT2D eigenvalue weighted by Crippen LogP contribution is -2.67. The van der Waals surface area contributed by atoms with Crippen molar-refractivity contribution in [1.29, 1.82) is 5.26 Å². The molecule has 5 rings (SSSR count). The number of ether oxygens (including phenoxy) is 1. The first-order valence-electron chi connectivity index (χ1n) is 15.8. The van der Waals surface area contributed by atoms with Crippen LogP contribution in [0.5, 0.6) is 0 Å². The van der Waals surface area contributed by atoms with Crippen LogP contribution in [0.1, 0.15) is 106 Å². The molecule has 10 atom stereocenters. The van der Waals surface area contributed by atoms with Gasteiger partial charge in [0.05, 0.1) is 23.8 Å². The Morgan fingerprint density at radius 1 is 0.976 bits per heavy atom. The predicted octanol–water partition coefficient (Wildman–Crippen LogP) is 6.60. The number of nitriles is 1. The summed E-state index contributed by atoms with van der Waals surface area (Å²) < 4.78 is 5.68. The van der Waals surface area contributed by atoms with Gasteiger partial charge >= 0.3 is 11.9 Å². The Hall–Kier alpha value is -2.20. The van der Waals surface area contributed by atoms with Gasteiger partial charge in [-0.3, -0.25) is 4.79 Å². The average Bonchev–Trinajstić information content (AvgIpc) is 3.31. The maximum Gasteiger partial charge on any atom is 0.331 e. The van der Waals surface area contributed by atoms with Crippen LogP contribution in [0.3, 0.4) is 0 Å². The van der Waals surface area contributed by atoms with E-state index in [1.807, 2.05) is 0 Å². The summed E-state index contributed by atoms with van der Waals surface area (Å²) in [6.07, 6.45) is 9.82. The zero-order valence-electron chi connectivity index (χ0n) is 26.1. The van der Waals surface area contributed by atoms with Crippen LogP contribution in [0.25, 0.3) is 0 Å². The zero-order chi connectivity index (χ0) is 30.0. The minimum Gasteiger partial charge on any atom is -0.465 e. The second kappa shape index (κ2) is 10.2. The van der Waals surface area contributed by atoms with E-state index < -0.39 is 11.4 Å². The van der Waals surface area contributed by atoms with Gasteiger partial charge in [-0.25, -0.2) is 4.79 Å². The van der Waals surface area contributed by atoms with Gasteiger partial charge in [0.1, 0.15) is 6.61 Å². The highest BCUT2D eigenvalue weighted by molar-refractivity contribution is 5.91. The molecule has 226 valence electrons. The highest BCUT2D eigenvalue weighted by Gasteiger charge is 2.71. The van der Waals surface area contributed by atoms with Crippen molar-refractivity contribution in [2.75, 3.05) is 13.2 Å². The van der Waals surface area contributed by atoms with E-state index >= 15 is 0 Å². The fraction of sp³-hybridized carbons (Fsp3) is 0.824. The molecule has 41 heavy (non-hydrogen) atoms. The Bertz CT molecular complexity index is 1190. The third kappa shape index (κ3) is 4.25. The predicted molar refractivity (Wildman–Crippen MR) is 156 cm³/mol. The number of esters is 1. The lowest BCUT2D eigenvalue weighted by atomic mass is 9.32. The van der Waals surface area contributed by atoms with Crippen molar-refractivity contribution >= 4 is 17.7 Å². The highest BCUT2D eigenvalue weighted by atomic mass is 16.7. The molecule has 0 heterocycles. The second-order valence-electron chi connectivity index (χ2n) is 15.2. The van der Waals surface area contributed by atoms with Crippen molar-refractivity contribution < 1.29 is 24.3 Å². The van der Waals surface area contributed by atoms with Gasteiger partial charge in [0.15, 0.2) is 0 Å². The highest BCUT2D eigenvalue weighted by Crippen LogP contribution is 2.77. The fourth-order valence-electron chi connectivity index (χ4n) is 11.7. The number of aliphatic hydroxyl groups excluding tert-OH is 1. The van der Waals surface area contributed by atoms with Crippen LogP contribution >= 0.6 is 0 Å². The van der Waals surface area contributed by atoms with E-state index in [0.717, 1.165) is 69.1 Å². The van der Waals surface area contributed by atoms with Gasteiger partial charge in [-0.05, 0) is 116 Å². The van der Waals surface area contributed by atoms with Crippen molar-refractivity contribution in [3.8, 4) is 6.07 Å². The molecule has 0 bridgehead atoms. The molecule has 0 unspecified atom stereocenters. The van der Waals surface area contributed by atoms with Crippen LogP contribution in [0.4, 0.5) is 0 Å². The van der Waals surface area contributed by atoms with Gasteiger partial charge in [-0.15, -0.1) is 0 Å². The van der Waals surface area contributed by atoms with Crippen molar-refractivity contribution in [2.24, 2.45) is 61.8 Å². The lowest BCUT2D eigenvalue weighted by molar-refractivity contribution is -0.227. The first-order valence-corrected chi connectivity index (χ1v) is 15.8. The monoisotopic (exact) mass is 566 g/mol. The van der Waals surface area contributed by atoms with Gasteiger partial charge in [-0.1, -0.05) is 39.4 Å². The summed E-state index contributed by atoms with van der Waals surface area (Å²) in [5, 5.41) is 24.9. The van der Waals surface area contributed by atoms with Gasteiger partial charge in [0, 0.05) is 19.3 Å². The van der Waals surface area contributed by atoms with E-state index in [-0.39, 0.29) is 58.6 Å². The van der Waals surface area contributed by atoms with Crippen LogP contribution in [-0.2, 0) is 19.2 Å². The summed E-state index contributed by atoms with van der Waals surface area (Å²) in [5.74, 6) is 0.893. The Labute approximate surface area is 246 Å². The topological polar surface area (TPSA) is 109 Å². The van der Waals surface area contributed by atoms with Crippen molar-refractivity contribution in [3.63, 3.8) is 0 Å². The molecule has 5 aliphatic carbocycles. The first-order chi connectivity index (χ1) is 19.2. The molecule has 5 aliphatic rings. The largest absolute Gasteiger partial charge is 0.465 e. The van der Waals surface area contributed by atoms with Crippen molar-refractivity contribution in [3.05, 3.63) is 12.2 Å². The summed E-state index contributed by atoms with van der Waals surface area (Å²) in [6, 6.07) is 2.82. The minimum atomic E-state index is -0.509. The smallest absolute Gasteiger partial charge is 0.331 e. The van der Waals surface area contributed by atoms with E-state index in [9.17, 15) is 20.0 Å². The second-order valence-corrected chi connectivity index (χ2v) is 15.2. The summed E-state index contributed by atoms with van der Waals surface area (Å²) in [6.45, 7) is 17.0. The number of nitrogens with zero attached hydrogens (tertiary/aromatic N) is 2. The number of aliphatic hydroxyl groups is 1. The molecule has 0 aliphatic heterocycles. The average molecular weight is 567 g/mol. The molecule has 5 fully saturated rings.